The standard InChI is InChI=1S/C31H28F3N5O4/c1-29(2)15-30-13-19(38(16-30)28(42)23(29)37-25(40)21-12-18-10-6-7-11-20(18)35-21)14-39(30)27(41)22-24(31(32,33)34)43-26(36-22)17-8-4-3-5-9-17/h3-12,19,23,35H,13-16H2,1-2H3,(H,37,40)/t19-,23+,30+/m0/s1. The highest BCUT2D eigenvalue weighted by atomic mass is 19.4. The molecule has 0 radical (unpaired) electrons. The van der Waals surface area contributed by atoms with E-state index in [4.69, 9.17) is 4.42 Å². The number of nitrogens with zero attached hydrogens (tertiary/aromatic N) is 3. The molecule has 222 valence electrons. The van der Waals surface area contributed by atoms with Gasteiger partial charge in [0.15, 0.2) is 5.69 Å². The smallest absolute Gasteiger partial charge is 0.431 e. The first-order valence-electron chi connectivity index (χ1n) is 14.0. The molecule has 5 heterocycles. The highest BCUT2D eigenvalue weighted by molar-refractivity contribution is 6.01. The van der Waals surface area contributed by atoms with Crippen molar-refractivity contribution in [3.63, 3.8) is 0 Å². The molecule has 4 aromatic rings. The summed E-state index contributed by atoms with van der Waals surface area (Å²) < 4.78 is 47.4. The Kier molecular flexibility index (Phi) is 5.82. The number of fused-ring (bicyclic) bond motifs is 4. The van der Waals surface area contributed by atoms with Gasteiger partial charge in [-0.25, -0.2) is 4.98 Å². The lowest BCUT2D eigenvalue weighted by Gasteiger charge is -2.42. The SMILES string of the molecule is CC1(C)C[C@@]23C[C@@H](CN2C(=O)c2nc(-c4ccccc4)oc2C(F)(F)F)N(C3)C(=O)[C@H]1NC(=O)c1cc2ccccc2[nH]1. The van der Waals surface area contributed by atoms with Crippen LogP contribution in [0.15, 0.2) is 65.1 Å². The van der Waals surface area contributed by atoms with Crippen molar-refractivity contribution in [1.82, 2.24) is 25.1 Å². The van der Waals surface area contributed by atoms with Crippen LogP contribution in [0.2, 0.25) is 0 Å². The van der Waals surface area contributed by atoms with Crippen molar-refractivity contribution in [1.29, 1.82) is 0 Å². The first kappa shape index (κ1) is 27.2. The number of H-pyrrole nitrogens is 1. The molecule has 2 aromatic carbocycles. The number of rotatable bonds is 4. The number of aromatic amines is 1. The number of amides is 3. The fraction of sp³-hybridized carbons (Fsp3) is 0.355. The van der Waals surface area contributed by atoms with Crippen LogP contribution < -0.4 is 5.32 Å². The Morgan fingerprint density at radius 2 is 1.81 bits per heavy atom. The first-order valence-corrected chi connectivity index (χ1v) is 14.0. The maximum absolute atomic E-state index is 14.1. The molecule has 2 N–H and O–H groups in total. The zero-order chi connectivity index (χ0) is 30.3. The number of carbonyl (C=O) groups excluding carboxylic acids is 3. The van der Waals surface area contributed by atoms with E-state index in [-0.39, 0.29) is 31.3 Å². The van der Waals surface area contributed by atoms with Crippen molar-refractivity contribution in [2.45, 2.75) is 50.5 Å². The summed E-state index contributed by atoms with van der Waals surface area (Å²) in [5, 5.41) is 3.77. The average molecular weight is 592 g/mol. The summed E-state index contributed by atoms with van der Waals surface area (Å²) in [6, 6.07) is 15.9. The summed E-state index contributed by atoms with van der Waals surface area (Å²) in [4.78, 5) is 51.3. The van der Waals surface area contributed by atoms with Crippen molar-refractivity contribution >= 4 is 28.6 Å². The van der Waals surface area contributed by atoms with Crippen LogP contribution in [-0.2, 0) is 11.0 Å². The van der Waals surface area contributed by atoms with Gasteiger partial charge in [0.1, 0.15) is 11.7 Å². The lowest BCUT2D eigenvalue weighted by atomic mass is 9.73. The predicted molar refractivity (Wildman–Crippen MR) is 149 cm³/mol. The summed E-state index contributed by atoms with van der Waals surface area (Å²) >= 11 is 0. The summed E-state index contributed by atoms with van der Waals surface area (Å²) in [5.74, 6) is -3.33. The highest BCUT2D eigenvalue weighted by Gasteiger charge is 2.64. The lowest BCUT2D eigenvalue weighted by molar-refractivity contribution is -0.153. The quantitative estimate of drug-likeness (QED) is 0.352. The number of para-hydroxylation sites is 1. The summed E-state index contributed by atoms with van der Waals surface area (Å²) in [5.41, 5.74) is -1.14. The Hall–Kier alpha value is -4.61. The highest BCUT2D eigenvalue weighted by Crippen LogP contribution is 2.51. The second-order valence-corrected chi connectivity index (χ2v) is 12.4. The molecule has 0 aliphatic carbocycles. The number of hydrogen-bond donors (Lipinski definition) is 2. The zero-order valence-electron chi connectivity index (χ0n) is 23.4. The molecular weight excluding hydrogens is 563 g/mol. The van der Waals surface area contributed by atoms with Crippen LogP contribution in [0.1, 0.15) is 53.4 Å². The molecule has 43 heavy (non-hydrogen) atoms. The number of aromatic nitrogens is 2. The zero-order valence-corrected chi connectivity index (χ0v) is 23.4. The molecule has 3 aliphatic rings. The Morgan fingerprint density at radius 3 is 2.53 bits per heavy atom. The van der Waals surface area contributed by atoms with E-state index in [2.05, 4.69) is 15.3 Å². The number of piperazine rings is 1. The fourth-order valence-corrected chi connectivity index (χ4v) is 7.20. The predicted octanol–water partition coefficient (Wildman–Crippen LogP) is 4.87. The third-order valence-corrected chi connectivity index (χ3v) is 8.99. The number of likely N-dealkylation sites (tertiary alicyclic amines) is 1. The van der Waals surface area contributed by atoms with E-state index in [9.17, 15) is 27.6 Å². The van der Waals surface area contributed by atoms with Gasteiger partial charge in [-0.2, -0.15) is 13.2 Å². The number of oxazole rings is 1. The van der Waals surface area contributed by atoms with Crippen LogP contribution in [0.25, 0.3) is 22.4 Å². The Bertz CT molecular complexity index is 1750. The Balaban J connectivity index is 1.19. The lowest BCUT2D eigenvalue weighted by Crippen LogP contribution is -2.57. The molecule has 0 saturated carbocycles. The summed E-state index contributed by atoms with van der Waals surface area (Å²) in [6.07, 6.45) is -4.22. The maximum atomic E-state index is 14.1. The van der Waals surface area contributed by atoms with Gasteiger partial charge in [-0.05, 0) is 42.5 Å². The number of hydrogen-bond acceptors (Lipinski definition) is 5. The number of alkyl halides is 3. The van der Waals surface area contributed by atoms with Gasteiger partial charge in [0, 0.05) is 29.6 Å². The second kappa shape index (κ2) is 9.19. The normalized spacial score (nSPS) is 24.4. The van der Waals surface area contributed by atoms with Crippen LogP contribution in [-0.4, -0.2) is 68.2 Å². The van der Waals surface area contributed by atoms with Gasteiger partial charge in [0.2, 0.25) is 17.6 Å². The molecule has 3 aliphatic heterocycles. The third kappa shape index (κ3) is 4.30. The van der Waals surface area contributed by atoms with Crippen LogP contribution in [0, 0.1) is 5.41 Å². The fourth-order valence-electron chi connectivity index (χ4n) is 7.20. The molecule has 0 unspecified atom stereocenters. The molecule has 3 atom stereocenters. The molecule has 3 fully saturated rings. The minimum absolute atomic E-state index is 0.0637. The van der Waals surface area contributed by atoms with Crippen molar-refractivity contribution < 1.29 is 32.0 Å². The average Bonchev–Trinajstić information content (AvgIpc) is 3.74. The van der Waals surface area contributed by atoms with Crippen LogP contribution in [0.3, 0.4) is 0 Å². The van der Waals surface area contributed by atoms with E-state index in [1.54, 1.807) is 41.3 Å². The minimum Gasteiger partial charge on any atom is -0.431 e. The molecule has 1 spiro atoms. The molecule has 3 saturated heterocycles. The van der Waals surface area contributed by atoms with E-state index < -0.39 is 52.5 Å². The topological polar surface area (TPSA) is 112 Å². The van der Waals surface area contributed by atoms with Crippen molar-refractivity contribution in [2.75, 3.05) is 13.1 Å². The second-order valence-electron chi connectivity index (χ2n) is 12.4. The molecule has 9 nitrogen and oxygen atoms in total. The molecule has 3 bridgehead atoms. The van der Waals surface area contributed by atoms with Gasteiger partial charge in [-0.3, -0.25) is 14.4 Å². The molecule has 12 heteroatoms. The van der Waals surface area contributed by atoms with E-state index >= 15 is 0 Å². The molecule has 7 rings (SSSR count). The van der Waals surface area contributed by atoms with Gasteiger partial charge in [-0.15, -0.1) is 0 Å². The van der Waals surface area contributed by atoms with Gasteiger partial charge >= 0.3 is 6.18 Å². The third-order valence-electron chi connectivity index (χ3n) is 8.99. The van der Waals surface area contributed by atoms with Crippen LogP contribution >= 0.6 is 0 Å². The van der Waals surface area contributed by atoms with Gasteiger partial charge in [-0.1, -0.05) is 50.2 Å². The van der Waals surface area contributed by atoms with E-state index in [1.807, 2.05) is 38.1 Å². The summed E-state index contributed by atoms with van der Waals surface area (Å²) in [7, 11) is 0. The van der Waals surface area contributed by atoms with E-state index in [0.29, 0.717) is 17.7 Å². The van der Waals surface area contributed by atoms with Crippen molar-refractivity contribution in [3.05, 3.63) is 77.8 Å². The van der Waals surface area contributed by atoms with Gasteiger partial charge < -0.3 is 24.5 Å². The Labute approximate surface area is 244 Å². The van der Waals surface area contributed by atoms with Gasteiger partial charge in [0.25, 0.3) is 11.8 Å². The molecule has 3 amide bonds. The number of benzene rings is 2. The molecule has 2 aromatic heterocycles. The Morgan fingerprint density at radius 1 is 1.09 bits per heavy atom. The summed E-state index contributed by atoms with van der Waals surface area (Å²) in [6.45, 7) is 3.89. The number of halogens is 3. The van der Waals surface area contributed by atoms with Crippen molar-refractivity contribution in [3.8, 4) is 11.5 Å². The molecular formula is C31H28F3N5O4. The maximum Gasteiger partial charge on any atom is 0.452 e. The monoisotopic (exact) mass is 591 g/mol. The van der Waals surface area contributed by atoms with Crippen LogP contribution in [0.5, 0.6) is 0 Å². The minimum atomic E-state index is -4.94. The first-order chi connectivity index (χ1) is 20.4. The van der Waals surface area contributed by atoms with E-state index in [1.165, 1.54) is 4.90 Å². The van der Waals surface area contributed by atoms with Crippen molar-refractivity contribution in [2.24, 2.45) is 5.41 Å². The van der Waals surface area contributed by atoms with Gasteiger partial charge in [0.05, 0.1) is 11.6 Å². The van der Waals surface area contributed by atoms with Crippen LogP contribution in [0.4, 0.5) is 13.2 Å². The number of carbonyl (C=O) groups is 3. The largest absolute Gasteiger partial charge is 0.452 e. The van der Waals surface area contributed by atoms with E-state index in [0.717, 1.165) is 10.9 Å². The number of nitrogens with one attached hydrogen (secondary N) is 2.